The maximum atomic E-state index is 12.0. The number of rotatable bonds is 6. The summed E-state index contributed by atoms with van der Waals surface area (Å²) in [5, 5.41) is 2.81. The normalized spacial score (nSPS) is 20.0. The van der Waals surface area contributed by atoms with Gasteiger partial charge in [-0.15, -0.1) is 0 Å². The molecule has 1 aromatic carbocycles. The van der Waals surface area contributed by atoms with E-state index in [-0.39, 0.29) is 23.5 Å². The minimum Gasteiger partial charge on any atom is -0.495 e. The molecule has 6 nitrogen and oxygen atoms in total. The summed E-state index contributed by atoms with van der Waals surface area (Å²) in [4.78, 5) is 14.0. The average molecular weight is 326 g/mol. The van der Waals surface area contributed by atoms with Gasteiger partial charge in [0.25, 0.3) is 0 Å². The van der Waals surface area contributed by atoms with Crippen LogP contribution in [0.5, 0.6) is 5.75 Å². The topological polar surface area (TPSA) is 75.7 Å². The van der Waals surface area contributed by atoms with Crippen molar-refractivity contribution in [3.63, 3.8) is 0 Å². The number of nitrogens with one attached hydrogen (secondary N) is 1. The summed E-state index contributed by atoms with van der Waals surface area (Å²) in [5.74, 6) is 0.941. The Balaban J connectivity index is 1.83. The van der Waals surface area contributed by atoms with Crippen LogP contribution in [0.15, 0.2) is 24.3 Å². The zero-order valence-electron chi connectivity index (χ0n) is 12.9. The number of anilines is 1. The monoisotopic (exact) mass is 326 g/mol. The standard InChI is InChI=1S/C15H22N2O4S/c1-17(12-8-10-22(19,20)11-12)9-7-15(18)16-13-5-3-4-6-14(13)21-2/h3-6,12H,7-11H2,1-2H3,(H,16,18). The number of benzene rings is 1. The van der Waals surface area contributed by atoms with Crippen LogP contribution in [0, 0.1) is 0 Å². The lowest BCUT2D eigenvalue weighted by Gasteiger charge is -2.22. The van der Waals surface area contributed by atoms with Gasteiger partial charge >= 0.3 is 0 Å². The summed E-state index contributed by atoms with van der Waals surface area (Å²) >= 11 is 0. The third-order valence-corrected chi connectivity index (χ3v) is 5.65. The van der Waals surface area contributed by atoms with Gasteiger partial charge in [0.2, 0.25) is 5.91 Å². The fourth-order valence-electron chi connectivity index (χ4n) is 2.54. The van der Waals surface area contributed by atoms with Gasteiger partial charge in [-0.2, -0.15) is 0 Å². The lowest BCUT2D eigenvalue weighted by atomic mass is 10.2. The molecule has 0 saturated carbocycles. The summed E-state index contributed by atoms with van der Waals surface area (Å²) in [7, 11) is 0.522. The van der Waals surface area contributed by atoms with Crippen molar-refractivity contribution in [2.75, 3.05) is 37.5 Å². The van der Waals surface area contributed by atoms with Gasteiger partial charge in [-0.25, -0.2) is 8.42 Å². The molecule has 1 amide bonds. The van der Waals surface area contributed by atoms with Gasteiger partial charge in [0, 0.05) is 19.0 Å². The number of sulfone groups is 1. The van der Waals surface area contributed by atoms with Crippen LogP contribution in [-0.4, -0.2) is 57.5 Å². The van der Waals surface area contributed by atoms with E-state index in [9.17, 15) is 13.2 Å². The van der Waals surface area contributed by atoms with E-state index in [1.54, 1.807) is 19.2 Å². The summed E-state index contributed by atoms with van der Waals surface area (Å²) in [6, 6.07) is 7.25. The highest BCUT2D eigenvalue weighted by atomic mass is 32.2. The molecule has 0 aliphatic carbocycles. The van der Waals surface area contributed by atoms with Crippen molar-refractivity contribution in [3.8, 4) is 5.75 Å². The SMILES string of the molecule is COc1ccccc1NC(=O)CCN(C)C1CCS(=O)(=O)C1. The van der Waals surface area contributed by atoms with Crippen LogP contribution in [0.3, 0.4) is 0 Å². The van der Waals surface area contributed by atoms with E-state index in [0.29, 0.717) is 30.8 Å². The van der Waals surface area contributed by atoms with Crippen molar-refractivity contribution < 1.29 is 17.9 Å². The Morgan fingerprint density at radius 3 is 2.77 bits per heavy atom. The summed E-state index contributed by atoms with van der Waals surface area (Å²) in [6.45, 7) is 0.529. The Morgan fingerprint density at radius 1 is 1.41 bits per heavy atom. The largest absolute Gasteiger partial charge is 0.495 e. The highest BCUT2D eigenvalue weighted by Gasteiger charge is 2.30. The predicted molar refractivity (Wildman–Crippen MR) is 85.9 cm³/mol. The molecule has 1 fully saturated rings. The van der Waals surface area contributed by atoms with E-state index in [1.165, 1.54) is 0 Å². The Labute approximate surface area is 131 Å². The Kier molecular flexibility index (Phi) is 5.42. The van der Waals surface area contributed by atoms with Crippen molar-refractivity contribution in [2.45, 2.75) is 18.9 Å². The second-order valence-electron chi connectivity index (χ2n) is 5.54. The van der Waals surface area contributed by atoms with E-state index in [4.69, 9.17) is 4.74 Å². The lowest BCUT2D eigenvalue weighted by molar-refractivity contribution is -0.116. The molecule has 22 heavy (non-hydrogen) atoms. The molecule has 1 heterocycles. The van der Waals surface area contributed by atoms with Gasteiger partial charge in [0.1, 0.15) is 5.75 Å². The average Bonchev–Trinajstić information content (AvgIpc) is 2.85. The molecule has 1 aromatic rings. The summed E-state index contributed by atoms with van der Waals surface area (Å²) in [6.07, 6.45) is 0.956. The minimum atomic E-state index is -2.90. The number of para-hydroxylation sites is 2. The fraction of sp³-hybridized carbons (Fsp3) is 0.533. The third kappa shape index (κ3) is 4.45. The van der Waals surface area contributed by atoms with E-state index >= 15 is 0 Å². The van der Waals surface area contributed by atoms with Crippen molar-refractivity contribution in [2.24, 2.45) is 0 Å². The molecule has 1 atom stereocenters. The zero-order chi connectivity index (χ0) is 16.2. The highest BCUT2D eigenvalue weighted by Crippen LogP contribution is 2.23. The maximum Gasteiger partial charge on any atom is 0.225 e. The molecule has 1 N–H and O–H groups in total. The Morgan fingerprint density at radius 2 is 2.14 bits per heavy atom. The van der Waals surface area contributed by atoms with Crippen molar-refractivity contribution in [3.05, 3.63) is 24.3 Å². The van der Waals surface area contributed by atoms with Crippen LogP contribution in [0.2, 0.25) is 0 Å². The van der Waals surface area contributed by atoms with Gasteiger partial charge in [-0.05, 0) is 25.6 Å². The molecule has 1 saturated heterocycles. The number of carbonyl (C=O) groups is 1. The molecule has 2 rings (SSSR count). The number of hydrogen-bond acceptors (Lipinski definition) is 5. The molecule has 0 aromatic heterocycles. The van der Waals surface area contributed by atoms with Crippen LogP contribution >= 0.6 is 0 Å². The summed E-state index contributed by atoms with van der Waals surface area (Å²) < 4.78 is 28.1. The first-order chi connectivity index (χ1) is 10.4. The molecule has 0 spiro atoms. The highest BCUT2D eigenvalue weighted by molar-refractivity contribution is 7.91. The van der Waals surface area contributed by atoms with Crippen LogP contribution < -0.4 is 10.1 Å². The van der Waals surface area contributed by atoms with E-state index in [1.807, 2.05) is 24.1 Å². The predicted octanol–water partition coefficient (Wildman–Crippen LogP) is 1.14. The van der Waals surface area contributed by atoms with Crippen molar-refractivity contribution >= 4 is 21.4 Å². The van der Waals surface area contributed by atoms with Crippen LogP contribution in [0.4, 0.5) is 5.69 Å². The molecule has 7 heteroatoms. The van der Waals surface area contributed by atoms with Gasteiger partial charge in [-0.3, -0.25) is 4.79 Å². The van der Waals surface area contributed by atoms with E-state index in [2.05, 4.69) is 5.32 Å². The molecular weight excluding hydrogens is 304 g/mol. The lowest BCUT2D eigenvalue weighted by Crippen LogP contribution is -2.35. The van der Waals surface area contributed by atoms with Crippen molar-refractivity contribution in [1.29, 1.82) is 0 Å². The molecule has 1 aliphatic heterocycles. The molecule has 0 radical (unpaired) electrons. The molecule has 0 bridgehead atoms. The first kappa shape index (κ1) is 16.8. The van der Waals surface area contributed by atoms with Crippen molar-refractivity contribution in [1.82, 2.24) is 4.90 Å². The fourth-order valence-corrected chi connectivity index (χ4v) is 4.35. The number of carbonyl (C=O) groups excluding carboxylic acids is 1. The Bertz CT molecular complexity index is 630. The van der Waals surface area contributed by atoms with Gasteiger partial charge in [-0.1, -0.05) is 12.1 Å². The first-order valence-electron chi connectivity index (χ1n) is 7.25. The van der Waals surface area contributed by atoms with Crippen LogP contribution in [-0.2, 0) is 14.6 Å². The van der Waals surface area contributed by atoms with E-state index in [0.717, 1.165) is 0 Å². The number of nitrogens with zero attached hydrogens (tertiary/aromatic N) is 1. The smallest absolute Gasteiger partial charge is 0.225 e. The molecular formula is C15H22N2O4S. The minimum absolute atomic E-state index is 0.0176. The van der Waals surface area contributed by atoms with Gasteiger partial charge < -0.3 is 15.0 Å². The second kappa shape index (κ2) is 7.11. The van der Waals surface area contributed by atoms with Crippen LogP contribution in [0.1, 0.15) is 12.8 Å². The van der Waals surface area contributed by atoms with Gasteiger partial charge in [0.05, 0.1) is 24.3 Å². The van der Waals surface area contributed by atoms with E-state index < -0.39 is 9.84 Å². The second-order valence-corrected chi connectivity index (χ2v) is 7.76. The third-order valence-electron chi connectivity index (χ3n) is 3.90. The zero-order valence-corrected chi connectivity index (χ0v) is 13.7. The first-order valence-corrected chi connectivity index (χ1v) is 9.07. The maximum absolute atomic E-state index is 12.0. The van der Waals surface area contributed by atoms with Gasteiger partial charge in [0.15, 0.2) is 9.84 Å². The van der Waals surface area contributed by atoms with Crippen LogP contribution in [0.25, 0.3) is 0 Å². The Hall–Kier alpha value is -1.60. The number of methoxy groups -OCH3 is 1. The number of ether oxygens (including phenoxy) is 1. The molecule has 1 aliphatic rings. The number of hydrogen-bond donors (Lipinski definition) is 1. The number of amides is 1. The molecule has 1 unspecified atom stereocenters. The quantitative estimate of drug-likeness (QED) is 0.848. The molecule has 122 valence electrons. The summed E-state index contributed by atoms with van der Waals surface area (Å²) in [5.41, 5.74) is 0.640.